The van der Waals surface area contributed by atoms with Crippen molar-refractivity contribution in [3.05, 3.63) is 41.7 Å². The van der Waals surface area contributed by atoms with E-state index in [0.717, 1.165) is 24.9 Å². The molecule has 1 amide bonds. The zero-order valence-electron chi connectivity index (χ0n) is 14.5. The lowest BCUT2D eigenvalue weighted by Gasteiger charge is -2.40. The van der Waals surface area contributed by atoms with Crippen molar-refractivity contribution < 1.29 is 14.7 Å². The standard InChI is InChI=1S/C18H22N4O3/c1-13-15(19-20-22(13)14-9-5-3-6-10-14)16(23)21(2)18(17(24)25)11-7-4-8-12-18/h3,5-6,9-10H,4,7-8,11-12H2,1-2H3,(H,24,25). The molecular weight excluding hydrogens is 320 g/mol. The molecule has 0 radical (unpaired) electrons. The second kappa shape index (κ2) is 6.66. The van der Waals surface area contributed by atoms with E-state index in [-0.39, 0.29) is 5.69 Å². The summed E-state index contributed by atoms with van der Waals surface area (Å²) in [6.07, 6.45) is 3.55. The SMILES string of the molecule is Cc1c(C(=O)N(C)C2(C(=O)O)CCCCC2)nnn1-c1ccccc1. The molecule has 1 aromatic carbocycles. The number of carboxylic acid groups (broad SMARTS) is 1. The number of amides is 1. The van der Waals surface area contributed by atoms with Crippen molar-refractivity contribution in [2.45, 2.75) is 44.6 Å². The molecule has 0 unspecified atom stereocenters. The van der Waals surface area contributed by atoms with Crippen LogP contribution in [0, 0.1) is 6.92 Å². The van der Waals surface area contributed by atoms with Gasteiger partial charge in [0.2, 0.25) is 0 Å². The maximum absolute atomic E-state index is 13.0. The Bertz CT molecular complexity index is 779. The number of likely N-dealkylation sites (N-methyl/N-ethyl adjacent to an activating group) is 1. The first-order chi connectivity index (χ1) is 12.0. The average Bonchev–Trinajstić information content (AvgIpc) is 3.03. The van der Waals surface area contributed by atoms with E-state index in [4.69, 9.17) is 0 Å². The van der Waals surface area contributed by atoms with Gasteiger partial charge in [0.25, 0.3) is 5.91 Å². The van der Waals surface area contributed by atoms with Crippen LogP contribution in [0.5, 0.6) is 0 Å². The van der Waals surface area contributed by atoms with Crippen molar-refractivity contribution in [2.24, 2.45) is 0 Å². The zero-order chi connectivity index (χ0) is 18.0. The molecule has 0 spiro atoms. The zero-order valence-corrected chi connectivity index (χ0v) is 14.5. The van der Waals surface area contributed by atoms with Crippen LogP contribution in [0.25, 0.3) is 5.69 Å². The maximum atomic E-state index is 13.0. The van der Waals surface area contributed by atoms with Crippen LogP contribution in [0.1, 0.15) is 48.3 Å². The minimum atomic E-state index is -1.15. The number of hydrogen-bond donors (Lipinski definition) is 1. The highest BCUT2D eigenvalue weighted by molar-refractivity contribution is 5.97. The molecule has 1 saturated carbocycles. The third-order valence-corrected chi connectivity index (χ3v) is 5.12. The number of aromatic nitrogens is 3. The lowest BCUT2D eigenvalue weighted by molar-refractivity contribution is -0.151. The van der Waals surface area contributed by atoms with Gasteiger partial charge in [0.1, 0.15) is 5.54 Å². The molecule has 2 aromatic rings. The molecule has 25 heavy (non-hydrogen) atoms. The fraction of sp³-hybridized carbons (Fsp3) is 0.444. The Kier molecular flexibility index (Phi) is 4.57. The summed E-state index contributed by atoms with van der Waals surface area (Å²) in [5.41, 5.74) is 0.440. The minimum Gasteiger partial charge on any atom is -0.479 e. The van der Waals surface area contributed by atoms with Crippen LogP contribution in [-0.4, -0.2) is 49.5 Å². The van der Waals surface area contributed by atoms with E-state index in [1.54, 1.807) is 18.7 Å². The Balaban J connectivity index is 1.93. The van der Waals surface area contributed by atoms with Gasteiger partial charge < -0.3 is 10.0 Å². The predicted octanol–water partition coefficient (Wildman–Crippen LogP) is 2.44. The van der Waals surface area contributed by atoms with Gasteiger partial charge in [0.05, 0.1) is 11.4 Å². The van der Waals surface area contributed by atoms with E-state index in [2.05, 4.69) is 10.3 Å². The summed E-state index contributed by atoms with van der Waals surface area (Å²) in [6, 6.07) is 9.41. The van der Waals surface area contributed by atoms with Gasteiger partial charge in [-0.25, -0.2) is 9.48 Å². The van der Waals surface area contributed by atoms with Gasteiger partial charge in [-0.05, 0) is 31.9 Å². The van der Waals surface area contributed by atoms with E-state index in [0.29, 0.717) is 18.5 Å². The van der Waals surface area contributed by atoms with Crippen molar-refractivity contribution in [1.29, 1.82) is 0 Å². The number of nitrogens with zero attached hydrogens (tertiary/aromatic N) is 4. The van der Waals surface area contributed by atoms with Crippen molar-refractivity contribution >= 4 is 11.9 Å². The van der Waals surface area contributed by atoms with Crippen LogP contribution in [0.15, 0.2) is 30.3 Å². The third-order valence-electron chi connectivity index (χ3n) is 5.12. The van der Waals surface area contributed by atoms with E-state index < -0.39 is 17.4 Å². The van der Waals surface area contributed by atoms with E-state index in [1.165, 1.54) is 4.90 Å². The first-order valence-electron chi connectivity index (χ1n) is 8.46. The van der Waals surface area contributed by atoms with Gasteiger partial charge in [-0.1, -0.05) is 42.7 Å². The van der Waals surface area contributed by atoms with Gasteiger partial charge in [0, 0.05) is 7.05 Å². The van der Waals surface area contributed by atoms with Gasteiger partial charge in [-0.3, -0.25) is 4.79 Å². The maximum Gasteiger partial charge on any atom is 0.329 e. The second-order valence-corrected chi connectivity index (χ2v) is 6.53. The quantitative estimate of drug-likeness (QED) is 0.922. The number of carboxylic acids is 1. The summed E-state index contributed by atoms with van der Waals surface area (Å²) in [5.74, 6) is -1.35. The highest BCUT2D eigenvalue weighted by Crippen LogP contribution is 2.34. The molecule has 1 aromatic heterocycles. The molecule has 1 N–H and O–H groups in total. The average molecular weight is 342 g/mol. The van der Waals surface area contributed by atoms with Crippen molar-refractivity contribution in [3.8, 4) is 5.69 Å². The van der Waals surface area contributed by atoms with Crippen LogP contribution >= 0.6 is 0 Å². The minimum absolute atomic E-state index is 0.192. The fourth-order valence-corrected chi connectivity index (χ4v) is 3.52. The molecule has 7 heteroatoms. The monoisotopic (exact) mass is 342 g/mol. The smallest absolute Gasteiger partial charge is 0.329 e. The third kappa shape index (κ3) is 2.90. The van der Waals surface area contributed by atoms with Crippen molar-refractivity contribution in [3.63, 3.8) is 0 Å². The Labute approximate surface area is 146 Å². The molecule has 3 rings (SSSR count). The van der Waals surface area contributed by atoms with E-state index in [9.17, 15) is 14.7 Å². The molecule has 0 atom stereocenters. The summed E-state index contributed by atoms with van der Waals surface area (Å²) < 4.78 is 1.59. The summed E-state index contributed by atoms with van der Waals surface area (Å²) in [7, 11) is 1.56. The van der Waals surface area contributed by atoms with E-state index >= 15 is 0 Å². The van der Waals surface area contributed by atoms with Gasteiger partial charge in [0.15, 0.2) is 5.69 Å². The summed E-state index contributed by atoms with van der Waals surface area (Å²) in [6.45, 7) is 1.77. The summed E-state index contributed by atoms with van der Waals surface area (Å²) in [5, 5.41) is 17.9. The Morgan fingerprint density at radius 3 is 2.40 bits per heavy atom. The molecule has 7 nitrogen and oxygen atoms in total. The van der Waals surface area contributed by atoms with Crippen LogP contribution < -0.4 is 0 Å². The molecule has 1 heterocycles. The first kappa shape index (κ1) is 17.1. The van der Waals surface area contributed by atoms with Crippen LogP contribution in [-0.2, 0) is 4.79 Å². The molecule has 1 aliphatic carbocycles. The number of aliphatic carboxylic acids is 1. The molecular formula is C18H22N4O3. The number of hydrogen-bond acceptors (Lipinski definition) is 4. The van der Waals surface area contributed by atoms with E-state index in [1.807, 2.05) is 30.3 Å². The largest absolute Gasteiger partial charge is 0.479 e. The normalized spacial score (nSPS) is 16.4. The van der Waals surface area contributed by atoms with Crippen molar-refractivity contribution in [1.82, 2.24) is 19.9 Å². The molecule has 0 aliphatic heterocycles. The first-order valence-corrected chi connectivity index (χ1v) is 8.46. The summed E-state index contributed by atoms with van der Waals surface area (Å²) in [4.78, 5) is 26.2. The predicted molar refractivity (Wildman–Crippen MR) is 91.6 cm³/mol. The number of benzene rings is 1. The topological polar surface area (TPSA) is 88.3 Å². The second-order valence-electron chi connectivity index (χ2n) is 6.53. The Morgan fingerprint density at radius 2 is 1.80 bits per heavy atom. The molecule has 0 saturated heterocycles. The molecule has 132 valence electrons. The van der Waals surface area contributed by atoms with Gasteiger partial charge >= 0.3 is 5.97 Å². The Morgan fingerprint density at radius 1 is 1.16 bits per heavy atom. The van der Waals surface area contributed by atoms with Gasteiger partial charge in [-0.2, -0.15) is 0 Å². The number of carbonyl (C=O) groups is 2. The number of rotatable bonds is 4. The lowest BCUT2D eigenvalue weighted by atomic mass is 9.80. The number of para-hydroxylation sites is 1. The molecule has 1 fully saturated rings. The Hall–Kier alpha value is -2.70. The highest BCUT2D eigenvalue weighted by Gasteiger charge is 2.46. The van der Waals surface area contributed by atoms with Gasteiger partial charge in [-0.15, -0.1) is 5.10 Å². The van der Waals surface area contributed by atoms with Crippen LogP contribution in [0.4, 0.5) is 0 Å². The highest BCUT2D eigenvalue weighted by atomic mass is 16.4. The lowest BCUT2D eigenvalue weighted by Crippen LogP contribution is -2.56. The van der Waals surface area contributed by atoms with Crippen molar-refractivity contribution in [2.75, 3.05) is 7.05 Å². The molecule has 0 bridgehead atoms. The van der Waals surface area contributed by atoms with Crippen LogP contribution in [0.3, 0.4) is 0 Å². The summed E-state index contributed by atoms with van der Waals surface area (Å²) >= 11 is 0. The van der Waals surface area contributed by atoms with Crippen LogP contribution in [0.2, 0.25) is 0 Å². The number of carbonyl (C=O) groups excluding carboxylic acids is 1. The molecule has 1 aliphatic rings. The fourth-order valence-electron chi connectivity index (χ4n) is 3.52.